The fourth-order valence-corrected chi connectivity index (χ4v) is 0.458. The second-order valence-corrected chi connectivity index (χ2v) is 1.43. The number of imidazole rings is 1. The van der Waals surface area contributed by atoms with Crippen molar-refractivity contribution in [2.24, 2.45) is 0 Å². The van der Waals surface area contributed by atoms with Crippen LogP contribution in [0.3, 0.4) is 0 Å². The maximum absolute atomic E-state index is 10.2. The maximum Gasteiger partial charge on any atom is 0.248 e. The van der Waals surface area contributed by atoms with Crippen LogP contribution in [0.15, 0.2) is 18.7 Å². The summed E-state index contributed by atoms with van der Waals surface area (Å²) < 4.78 is 1.99. The third-order valence-corrected chi connectivity index (χ3v) is 0.830. The monoisotopic (exact) mass is 114 g/mol. The number of aliphatic hydroxyl groups excluding tert-OH is 1. The fraction of sp³-hybridized carbons (Fsp3) is 0.250. The second kappa shape index (κ2) is 1.83. The number of hydrogen-bond acceptors (Lipinski definition) is 2. The van der Waals surface area contributed by atoms with E-state index in [1.807, 2.05) is 0 Å². The van der Waals surface area contributed by atoms with Gasteiger partial charge in [0.25, 0.3) is 0 Å². The Labute approximate surface area is 46.2 Å². The summed E-state index contributed by atoms with van der Waals surface area (Å²) in [5, 5.41) is 18.6. The topological polar surface area (TPSA) is 52.1 Å². The molecule has 0 radical (unpaired) electrons. The standard InChI is InChI=1S/C4H6N2O2/c7-4-5-1-2-6(8)3-5/h1-3,7H,4H2. The first kappa shape index (κ1) is 5.11. The molecule has 0 fully saturated rings. The van der Waals surface area contributed by atoms with Gasteiger partial charge in [0.05, 0.1) is 0 Å². The van der Waals surface area contributed by atoms with Crippen LogP contribution in [0.25, 0.3) is 0 Å². The zero-order chi connectivity index (χ0) is 5.98. The molecule has 0 aliphatic heterocycles. The molecule has 0 aliphatic carbocycles. The van der Waals surface area contributed by atoms with Crippen molar-refractivity contribution < 1.29 is 9.84 Å². The Balaban J connectivity index is 2.84. The third-order valence-electron chi connectivity index (χ3n) is 0.830. The van der Waals surface area contributed by atoms with Crippen LogP contribution in [0.2, 0.25) is 0 Å². The van der Waals surface area contributed by atoms with Gasteiger partial charge in [-0.15, -0.1) is 0 Å². The molecule has 4 nitrogen and oxygen atoms in total. The quantitative estimate of drug-likeness (QED) is 0.379. The summed E-state index contributed by atoms with van der Waals surface area (Å²) in [7, 11) is 0. The molecule has 0 spiro atoms. The van der Waals surface area contributed by atoms with Crippen LogP contribution in [0.4, 0.5) is 0 Å². The third kappa shape index (κ3) is 0.788. The van der Waals surface area contributed by atoms with Gasteiger partial charge >= 0.3 is 0 Å². The lowest BCUT2D eigenvalue weighted by Crippen LogP contribution is -2.21. The van der Waals surface area contributed by atoms with Crippen molar-refractivity contribution in [3.63, 3.8) is 0 Å². The van der Waals surface area contributed by atoms with Crippen LogP contribution in [-0.2, 0) is 6.73 Å². The van der Waals surface area contributed by atoms with Crippen molar-refractivity contribution in [2.45, 2.75) is 6.73 Å². The van der Waals surface area contributed by atoms with Crippen molar-refractivity contribution in [3.05, 3.63) is 23.9 Å². The van der Waals surface area contributed by atoms with E-state index in [2.05, 4.69) is 0 Å². The van der Waals surface area contributed by atoms with Crippen LogP contribution in [-0.4, -0.2) is 9.67 Å². The van der Waals surface area contributed by atoms with Gasteiger partial charge in [0.1, 0.15) is 12.4 Å². The Morgan fingerprint density at radius 2 is 2.50 bits per heavy atom. The molecule has 0 unspecified atom stereocenters. The number of hydrogen-bond donors (Lipinski definition) is 1. The summed E-state index contributed by atoms with van der Waals surface area (Å²) in [6.45, 7) is -0.144. The zero-order valence-corrected chi connectivity index (χ0v) is 4.19. The van der Waals surface area contributed by atoms with Crippen LogP contribution >= 0.6 is 0 Å². The van der Waals surface area contributed by atoms with E-state index >= 15 is 0 Å². The highest BCUT2D eigenvalue weighted by Gasteiger charge is 1.91. The molecular weight excluding hydrogens is 108 g/mol. The number of nitrogens with zero attached hydrogens (tertiary/aromatic N) is 2. The maximum atomic E-state index is 10.2. The van der Waals surface area contributed by atoms with E-state index in [1.54, 1.807) is 0 Å². The van der Waals surface area contributed by atoms with Gasteiger partial charge in [-0.05, 0) is 0 Å². The summed E-state index contributed by atoms with van der Waals surface area (Å²) in [5.41, 5.74) is 0. The van der Waals surface area contributed by atoms with Crippen LogP contribution in [0.5, 0.6) is 0 Å². The van der Waals surface area contributed by atoms with Gasteiger partial charge in [-0.25, -0.2) is 9.30 Å². The molecule has 0 bridgehead atoms. The van der Waals surface area contributed by atoms with E-state index < -0.39 is 0 Å². The van der Waals surface area contributed by atoms with E-state index in [4.69, 9.17) is 5.11 Å². The average Bonchev–Trinajstić information content (AvgIpc) is 2.14. The second-order valence-electron chi connectivity index (χ2n) is 1.43. The molecule has 1 rings (SSSR count). The molecule has 0 aliphatic rings. The Morgan fingerprint density at radius 1 is 1.75 bits per heavy atom. The fourth-order valence-electron chi connectivity index (χ4n) is 0.458. The van der Waals surface area contributed by atoms with Crippen molar-refractivity contribution in [3.8, 4) is 0 Å². The first-order valence-electron chi connectivity index (χ1n) is 2.18. The summed E-state index contributed by atoms with van der Waals surface area (Å²) in [5.74, 6) is 0. The van der Waals surface area contributed by atoms with E-state index in [-0.39, 0.29) is 6.73 Å². The number of aromatic nitrogens is 2. The number of aliphatic hydroxyl groups is 1. The van der Waals surface area contributed by atoms with Gasteiger partial charge in [0.15, 0.2) is 6.73 Å². The molecule has 0 atom stereocenters. The Bertz CT molecular complexity index is 172. The minimum absolute atomic E-state index is 0.144. The van der Waals surface area contributed by atoms with Gasteiger partial charge < -0.3 is 10.3 Å². The predicted molar refractivity (Wildman–Crippen MR) is 25.6 cm³/mol. The smallest absolute Gasteiger partial charge is 0.248 e. The lowest BCUT2D eigenvalue weighted by Gasteiger charge is -1.89. The molecule has 0 saturated heterocycles. The molecule has 0 aromatic carbocycles. The molecule has 0 amide bonds. The highest BCUT2D eigenvalue weighted by Crippen LogP contribution is 1.77. The SMILES string of the molecule is [O-][n+]1ccn(CO)c1. The largest absolute Gasteiger partial charge is 0.711 e. The first-order chi connectivity index (χ1) is 3.83. The highest BCUT2D eigenvalue weighted by atomic mass is 16.5. The van der Waals surface area contributed by atoms with Crippen molar-refractivity contribution in [2.75, 3.05) is 0 Å². The zero-order valence-electron chi connectivity index (χ0n) is 4.19. The van der Waals surface area contributed by atoms with Crippen molar-refractivity contribution in [1.82, 2.24) is 4.57 Å². The first-order valence-corrected chi connectivity index (χ1v) is 2.18. The molecule has 1 N–H and O–H groups in total. The molecule has 1 aromatic heterocycles. The van der Waals surface area contributed by atoms with E-state index in [1.165, 1.54) is 23.3 Å². The lowest BCUT2D eigenvalue weighted by molar-refractivity contribution is -0.605. The Hall–Kier alpha value is -1.03. The molecule has 44 valence electrons. The van der Waals surface area contributed by atoms with Gasteiger partial charge in [0, 0.05) is 0 Å². The van der Waals surface area contributed by atoms with Crippen LogP contribution in [0.1, 0.15) is 0 Å². The predicted octanol–water partition coefficient (Wildman–Crippen LogP) is -0.929. The van der Waals surface area contributed by atoms with Gasteiger partial charge in [0.2, 0.25) is 6.33 Å². The molecule has 4 heteroatoms. The minimum atomic E-state index is -0.144. The number of rotatable bonds is 1. The minimum Gasteiger partial charge on any atom is -0.711 e. The van der Waals surface area contributed by atoms with Crippen LogP contribution in [0, 0.1) is 5.21 Å². The molecule has 1 heterocycles. The van der Waals surface area contributed by atoms with E-state index in [0.717, 1.165) is 0 Å². The Kier molecular flexibility index (Phi) is 1.17. The summed E-state index contributed by atoms with van der Waals surface area (Å²) >= 11 is 0. The van der Waals surface area contributed by atoms with Crippen molar-refractivity contribution >= 4 is 0 Å². The summed E-state index contributed by atoms with van der Waals surface area (Å²) in [6.07, 6.45) is 4.06. The molecule has 8 heavy (non-hydrogen) atoms. The Morgan fingerprint density at radius 3 is 2.75 bits per heavy atom. The van der Waals surface area contributed by atoms with E-state index in [9.17, 15) is 5.21 Å². The normalized spacial score (nSPS) is 9.62. The van der Waals surface area contributed by atoms with Gasteiger partial charge in [-0.1, -0.05) is 0 Å². The molecule has 0 saturated carbocycles. The summed E-state index contributed by atoms with van der Waals surface area (Å²) in [6, 6.07) is 0. The molecular formula is C4H6N2O2. The van der Waals surface area contributed by atoms with Crippen LogP contribution < -0.4 is 4.73 Å². The van der Waals surface area contributed by atoms with Gasteiger partial charge in [-0.2, -0.15) is 0 Å². The van der Waals surface area contributed by atoms with Gasteiger partial charge in [-0.3, -0.25) is 0 Å². The van der Waals surface area contributed by atoms with Crippen molar-refractivity contribution in [1.29, 1.82) is 0 Å². The highest BCUT2D eigenvalue weighted by molar-refractivity contribution is 4.63. The lowest BCUT2D eigenvalue weighted by atomic mass is 10.9. The molecule has 1 aromatic rings. The average molecular weight is 114 g/mol. The van der Waals surface area contributed by atoms with E-state index in [0.29, 0.717) is 4.73 Å². The summed E-state index contributed by atoms with van der Waals surface area (Å²) in [4.78, 5) is 0.